The van der Waals surface area contributed by atoms with Crippen LogP contribution in [0.5, 0.6) is 11.5 Å². The van der Waals surface area contributed by atoms with Gasteiger partial charge in [-0.3, -0.25) is 0 Å². The van der Waals surface area contributed by atoms with Gasteiger partial charge in [0.05, 0.1) is 19.9 Å². The number of hydrogen-bond donors (Lipinski definition) is 1. The first kappa shape index (κ1) is 22.7. The molecule has 2 heterocycles. The Labute approximate surface area is 192 Å². The second kappa shape index (κ2) is 9.97. The maximum Gasteiger partial charge on any atom is 0.321 e. The van der Waals surface area contributed by atoms with Crippen LogP contribution in [0.15, 0.2) is 42.5 Å². The van der Waals surface area contributed by atoms with Gasteiger partial charge in [-0.15, -0.1) is 0 Å². The average molecular weight is 457 g/mol. The van der Waals surface area contributed by atoms with Crippen LogP contribution >= 0.6 is 0 Å². The molecule has 0 aromatic heterocycles. The van der Waals surface area contributed by atoms with Gasteiger partial charge in [-0.1, -0.05) is 12.1 Å². The van der Waals surface area contributed by atoms with Gasteiger partial charge >= 0.3 is 12.1 Å². The fraction of sp³-hybridized carbons (Fsp3) is 0.417. The summed E-state index contributed by atoms with van der Waals surface area (Å²) >= 11 is 0. The summed E-state index contributed by atoms with van der Waals surface area (Å²) in [7, 11) is 3.12. The highest BCUT2D eigenvalue weighted by Crippen LogP contribution is 2.30. The summed E-state index contributed by atoms with van der Waals surface area (Å²) in [6.07, 6.45) is 1.45. The number of benzene rings is 2. The molecule has 2 aromatic rings. The number of likely N-dealkylation sites (tertiary alicyclic amines) is 1. The Hall–Kier alpha value is -3.49. The van der Waals surface area contributed by atoms with Gasteiger partial charge in [0, 0.05) is 44.8 Å². The first-order valence-electron chi connectivity index (χ1n) is 11.1. The molecule has 2 aliphatic rings. The van der Waals surface area contributed by atoms with E-state index in [0.717, 1.165) is 18.4 Å². The number of carbonyl (C=O) groups is 2. The summed E-state index contributed by atoms with van der Waals surface area (Å²) in [5, 5.41) is 2.90. The Morgan fingerprint density at radius 3 is 2.42 bits per heavy atom. The third kappa shape index (κ3) is 5.13. The lowest BCUT2D eigenvalue weighted by Gasteiger charge is -2.36. The quantitative estimate of drug-likeness (QED) is 0.718. The van der Waals surface area contributed by atoms with E-state index in [2.05, 4.69) is 5.32 Å². The second-order valence-corrected chi connectivity index (χ2v) is 8.24. The lowest BCUT2D eigenvalue weighted by Crippen LogP contribution is -2.49. The van der Waals surface area contributed by atoms with Gasteiger partial charge in [-0.05, 0) is 42.7 Å². The first-order chi connectivity index (χ1) is 16.0. The number of amides is 4. The number of urea groups is 2. The van der Waals surface area contributed by atoms with E-state index in [1.54, 1.807) is 54.4 Å². The van der Waals surface area contributed by atoms with Crippen molar-refractivity contribution in [1.82, 2.24) is 14.7 Å². The molecule has 33 heavy (non-hydrogen) atoms. The predicted octanol–water partition coefficient (Wildman–Crippen LogP) is 3.78. The number of ether oxygens (including phenoxy) is 2. The van der Waals surface area contributed by atoms with Crippen LogP contribution < -0.4 is 14.8 Å². The third-order valence-corrected chi connectivity index (χ3v) is 6.26. The van der Waals surface area contributed by atoms with Gasteiger partial charge in [0.1, 0.15) is 17.3 Å². The van der Waals surface area contributed by atoms with E-state index in [1.807, 2.05) is 4.90 Å². The van der Waals surface area contributed by atoms with Crippen molar-refractivity contribution < 1.29 is 23.5 Å². The molecule has 0 unspecified atom stereocenters. The van der Waals surface area contributed by atoms with Crippen LogP contribution in [0, 0.1) is 5.82 Å². The summed E-state index contributed by atoms with van der Waals surface area (Å²) in [6.45, 7) is 2.92. The predicted molar refractivity (Wildman–Crippen MR) is 122 cm³/mol. The summed E-state index contributed by atoms with van der Waals surface area (Å²) in [6, 6.07) is 11.4. The molecule has 0 bridgehead atoms. The van der Waals surface area contributed by atoms with E-state index in [-0.39, 0.29) is 23.9 Å². The van der Waals surface area contributed by atoms with Crippen LogP contribution in [0.2, 0.25) is 0 Å². The standard InChI is InChI=1S/C24H29FN4O4/c1-32-20-7-8-21(22(15-20)33-2)26-23(30)27-11-9-19(10-12-27)29-14-13-28(24(29)31)16-17-3-5-18(25)6-4-17/h3-8,15,19H,9-14,16H2,1-2H3,(H,26,30). The fourth-order valence-electron chi connectivity index (χ4n) is 4.37. The number of piperidine rings is 1. The molecule has 1 N–H and O–H groups in total. The van der Waals surface area contributed by atoms with E-state index < -0.39 is 0 Å². The zero-order valence-electron chi connectivity index (χ0n) is 18.9. The molecule has 2 aromatic carbocycles. The Balaban J connectivity index is 1.29. The maximum absolute atomic E-state index is 13.1. The first-order valence-corrected chi connectivity index (χ1v) is 11.1. The molecule has 0 atom stereocenters. The molecule has 9 heteroatoms. The van der Waals surface area contributed by atoms with Gasteiger partial charge < -0.3 is 29.5 Å². The Morgan fingerprint density at radius 1 is 1.03 bits per heavy atom. The molecule has 0 radical (unpaired) electrons. The normalized spacial score (nSPS) is 16.8. The molecule has 2 aliphatic heterocycles. The molecule has 2 fully saturated rings. The molecule has 0 saturated carbocycles. The highest BCUT2D eigenvalue weighted by molar-refractivity contribution is 5.91. The number of halogens is 1. The molecule has 0 aliphatic carbocycles. The van der Waals surface area contributed by atoms with E-state index in [1.165, 1.54) is 12.1 Å². The van der Waals surface area contributed by atoms with Crippen molar-refractivity contribution in [3.05, 3.63) is 53.8 Å². The van der Waals surface area contributed by atoms with E-state index >= 15 is 0 Å². The molecule has 4 amide bonds. The maximum atomic E-state index is 13.1. The van der Waals surface area contributed by atoms with Crippen molar-refractivity contribution in [2.24, 2.45) is 0 Å². The Bertz CT molecular complexity index is 992. The zero-order chi connectivity index (χ0) is 23.4. The second-order valence-electron chi connectivity index (χ2n) is 8.24. The van der Waals surface area contributed by atoms with Crippen LogP contribution in [0.3, 0.4) is 0 Å². The minimum absolute atomic E-state index is 0.00481. The lowest BCUT2D eigenvalue weighted by atomic mass is 10.0. The molecular weight excluding hydrogens is 427 g/mol. The van der Waals surface area contributed by atoms with Gasteiger partial charge in [-0.25, -0.2) is 14.0 Å². The molecule has 0 spiro atoms. The smallest absolute Gasteiger partial charge is 0.321 e. The summed E-state index contributed by atoms with van der Waals surface area (Å²) in [5.74, 6) is 0.894. The number of nitrogens with zero attached hydrogens (tertiary/aromatic N) is 3. The van der Waals surface area contributed by atoms with Crippen LogP contribution in [0.1, 0.15) is 18.4 Å². The minimum atomic E-state index is -0.283. The van der Waals surface area contributed by atoms with Gasteiger partial charge in [0.2, 0.25) is 0 Å². The minimum Gasteiger partial charge on any atom is -0.497 e. The molecule has 4 rings (SSSR count). The SMILES string of the molecule is COc1ccc(NC(=O)N2CCC(N3CCN(Cc4ccc(F)cc4)C3=O)CC2)c(OC)c1. The Morgan fingerprint density at radius 2 is 1.76 bits per heavy atom. The zero-order valence-corrected chi connectivity index (χ0v) is 18.9. The largest absolute Gasteiger partial charge is 0.497 e. The topological polar surface area (TPSA) is 74.4 Å². The van der Waals surface area contributed by atoms with Crippen molar-refractivity contribution in [3.8, 4) is 11.5 Å². The number of rotatable bonds is 6. The van der Waals surface area contributed by atoms with Gasteiger partial charge in [0.25, 0.3) is 0 Å². The van der Waals surface area contributed by atoms with Crippen molar-refractivity contribution in [3.63, 3.8) is 0 Å². The van der Waals surface area contributed by atoms with Crippen LogP contribution in [-0.4, -0.2) is 73.2 Å². The fourth-order valence-corrected chi connectivity index (χ4v) is 4.37. The molecule has 2 saturated heterocycles. The van der Waals surface area contributed by atoms with Crippen LogP contribution in [0.25, 0.3) is 0 Å². The number of anilines is 1. The molecule has 176 valence electrons. The van der Waals surface area contributed by atoms with E-state index in [4.69, 9.17) is 9.47 Å². The van der Waals surface area contributed by atoms with E-state index in [9.17, 15) is 14.0 Å². The van der Waals surface area contributed by atoms with Gasteiger partial charge in [-0.2, -0.15) is 0 Å². The van der Waals surface area contributed by atoms with Crippen molar-refractivity contribution in [2.75, 3.05) is 45.7 Å². The highest BCUT2D eigenvalue weighted by atomic mass is 19.1. The van der Waals surface area contributed by atoms with Crippen molar-refractivity contribution in [2.45, 2.75) is 25.4 Å². The third-order valence-electron chi connectivity index (χ3n) is 6.26. The Kier molecular flexibility index (Phi) is 6.86. The number of hydrogen-bond acceptors (Lipinski definition) is 4. The number of carbonyl (C=O) groups excluding carboxylic acids is 2. The van der Waals surface area contributed by atoms with Gasteiger partial charge in [0.15, 0.2) is 0 Å². The molecule has 8 nitrogen and oxygen atoms in total. The van der Waals surface area contributed by atoms with Crippen molar-refractivity contribution in [1.29, 1.82) is 0 Å². The highest BCUT2D eigenvalue weighted by Gasteiger charge is 2.36. The summed E-state index contributed by atoms with van der Waals surface area (Å²) in [5.41, 5.74) is 1.49. The number of methoxy groups -OCH3 is 2. The summed E-state index contributed by atoms with van der Waals surface area (Å²) < 4.78 is 23.7. The lowest BCUT2D eigenvalue weighted by molar-refractivity contribution is 0.139. The summed E-state index contributed by atoms with van der Waals surface area (Å²) in [4.78, 5) is 31.2. The van der Waals surface area contributed by atoms with E-state index in [0.29, 0.717) is 49.9 Å². The van der Waals surface area contributed by atoms with Crippen LogP contribution in [0.4, 0.5) is 19.7 Å². The van der Waals surface area contributed by atoms with Crippen LogP contribution in [-0.2, 0) is 6.54 Å². The monoisotopic (exact) mass is 456 g/mol. The molecular formula is C24H29FN4O4. The number of nitrogens with one attached hydrogen (secondary N) is 1. The van der Waals surface area contributed by atoms with Crippen molar-refractivity contribution >= 4 is 17.7 Å². The average Bonchev–Trinajstić information content (AvgIpc) is 3.20.